The summed E-state index contributed by atoms with van der Waals surface area (Å²) in [7, 11) is 0. The molecule has 0 radical (unpaired) electrons. The third kappa shape index (κ3) is 6.35. The van der Waals surface area contributed by atoms with E-state index in [1.807, 2.05) is 72.8 Å². The van der Waals surface area contributed by atoms with Gasteiger partial charge in [0, 0.05) is 13.0 Å². The van der Waals surface area contributed by atoms with E-state index in [-0.39, 0.29) is 12.5 Å². The number of ether oxygens (including phenoxy) is 2. The van der Waals surface area contributed by atoms with Crippen molar-refractivity contribution in [1.82, 2.24) is 14.9 Å². The minimum Gasteiger partial charge on any atom is -0.492 e. The zero-order valence-electron chi connectivity index (χ0n) is 18.9. The first kappa shape index (κ1) is 22.4. The molecule has 4 rings (SSSR count). The van der Waals surface area contributed by atoms with Crippen molar-refractivity contribution in [1.29, 1.82) is 0 Å². The monoisotopic (exact) mass is 443 g/mol. The van der Waals surface area contributed by atoms with Gasteiger partial charge in [0.1, 0.15) is 23.9 Å². The molecule has 0 saturated heterocycles. The Labute approximate surface area is 194 Å². The molecule has 33 heavy (non-hydrogen) atoms. The van der Waals surface area contributed by atoms with E-state index < -0.39 is 0 Å². The highest BCUT2D eigenvalue weighted by atomic mass is 16.5. The van der Waals surface area contributed by atoms with Crippen LogP contribution in [0.15, 0.2) is 78.9 Å². The number of hydrogen-bond acceptors (Lipinski definition) is 4. The third-order valence-electron chi connectivity index (χ3n) is 5.35. The van der Waals surface area contributed by atoms with Crippen molar-refractivity contribution >= 4 is 16.9 Å². The number of carbonyl (C=O) groups is 1. The molecule has 3 aromatic carbocycles. The summed E-state index contributed by atoms with van der Waals surface area (Å²) in [5.74, 6) is 2.43. The van der Waals surface area contributed by atoms with Crippen molar-refractivity contribution in [2.45, 2.75) is 26.3 Å². The van der Waals surface area contributed by atoms with Crippen molar-refractivity contribution in [2.75, 3.05) is 19.8 Å². The molecule has 6 heteroatoms. The molecule has 170 valence electrons. The maximum absolute atomic E-state index is 12.1. The van der Waals surface area contributed by atoms with Crippen LogP contribution in [-0.2, 0) is 17.8 Å². The molecule has 0 aliphatic heterocycles. The largest absolute Gasteiger partial charge is 0.492 e. The fraction of sp³-hybridized carbons (Fsp3) is 0.259. The summed E-state index contributed by atoms with van der Waals surface area (Å²) in [5.41, 5.74) is 3.28. The number of hydrogen-bond donors (Lipinski definition) is 1. The number of benzene rings is 3. The molecule has 0 atom stereocenters. The van der Waals surface area contributed by atoms with Crippen LogP contribution in [0.3, 0.4) is 0 Å². The van der Waals surface area contributed by atoms with Crippen LogP contribution >= 0.6 is 0 Å². The highest BCUT2D eigenvalue weighted by Crippen LogP contribution is 2.18. The number of imidazole rings is 1. The Balaban J connectivity index is 1.28. The molecule has 1 aromatic heterocycles. The van der Waals surface area contributed by atoms with Gasteiger partial charge in [-0.15, -0.1) is 0 Å². The molecule has 0 spiro atoms. The van der Waals surface area contributed by atoms with Gasteiger partial charge in [0.15, 0.2) is 6.61 Å². The Morgan fingerprint density at radius 2 is 1.64 bits per heavy atom. The lowest BCUT2D eigenvalue weighted by Gasteiger charge is -2.11. The van der Waals surface area contributed by atoms with Crippen molar-refractivity contribution in [3.05, 3.63) is 90.3 Å². The van der Waals surface area contributed by atoms with Crippen LogP contribution in [0.5, 0.6) is 11.5 Å². The summed E-state index contributed by atoms with van der Waals surface area (Å²) in [6.07, 6.45) is 1.55. The predicted molar refractivity (Wildman–Crippen MR) is 130 cm³/mol. The van der Waals surface area contributed by atoms with Crippen LogP contribution in [0.4, 0.5) is 0 Å². The van der Waals surface area contributed by atoms with Crippen LogP contribution in [-0.4, -0.2) is 35.2 Å². The van der Waals surface area contributed by atoms with E-state index in [1.165, 1.54) is 5.56 Å². The fourth-order valence-corrected chi connectivity index (χ4v) is 3.65. The first-order valence-electron chi connectivity index (χ1n) is 11.3. The normalized spacial score (nSPS) is 10.8. The Morgan fingerprint density at radius 3 is 2.45 bits per heavy atom. The molecule has 0 bridgehead atoms. The van der Waals surface area contributed by atoms with E-state index in [9.17, 15) is 4.79 Å². The average Bonchev–Trinajstić information content (AvgIpc) is 3.20. The van der Waals surface area contributed by atoms with Crippen LogP contribution < -0.4 is 14.8 Å². The summed E-state index contributed by atoms with van der Waals surface area (Å²) in [4.78, 5) is 16.9. The second-order valence-electron chi connectivity index (χ2n) is 7.89. The summed E-state index contributed by atoms with van der Waals surface area (Å²) in [5, 5.41) is 2.92. The Hall–Kier alpha value is -3.80. The lowest BCUT2D eigenvalue weighted by atomic mass is 10.2. The predicted octanol–water partition coefficient (Wildman–Crippen LogP) is 4.55. The van der Waals surface area contributed by atoms with Gasteiger partial charge in [-0.3, -0.25) is 4.79 Å². The van der Waals surface area contributed by atoms with Gasteiger partial charge in [-0.05, 0) is 49.7 Å². The molecule has 6 nitrogen and oxygen atoms in total. The quantitative estimate of drug-likeness (QED) is 0.345. The van der Waals surface area contributed by atoms with E-state index in [0.717, 1.165) is 35.4 Å². The van der Waals surface area contributed by atoms with E-state index in [2.05, 4.69) is 22.9 Å². The lowest BCUT2D eigenvalue weighted by Crippen LogP contribution is -2.30. The van der Waals surface area contributed by atoms with Crippen LogP contribution in [0.1, 0.15) is 17.8 Å². The number of aromatic nitrogens is 2. The second-order valence-corrected chi connectivity index (χ2v) is 7.89. The van der Waals surface area contributed by atoms with Crippen molar-refractivity contribution in [3.63, 3.8) is 0 Å². The first-order chi connectivity index (χ1) is 16.2. The van der Waals surface area contributed by atoms with E-state index in [4.69, 9.17) is 14.5 Å². The summed E-state index contributed by atoms with van der Waals surface area (Å²) < 4.78 is 13.6. The second kappa shape index (κ2) is 11.2. The van der Waals surface area contributed by atoms with Crippen LogP contribution in [0.25, 0.3) is 11.0 Å². The van der Waals surface area contributed by atoms with Gasteiger partial charge in [0.2, 0.25) is 0 Å². The molecule has 1 heterocycles. The molecular formula is C27H29N3O3. The minimum atomic E-state index is -0.126. The van der Waals surface area contributed by atoms with Gasteiger partial charge in [-0.1, -0.05) is 48.0 Å². The van der Waals surface area contributed by atoms with E-state index >= 15 is 0 Å². The summed E-state index contributed by atoms with van der Waals surface area (Å²) in [6.45, 7) is 3.91. The molecule has 0 fully saturated rings. The zero-order chi connectivity index (χ0) is 22.9. The lowest BCUT2D eigenvalue weighted by molar-refractivity contribution is -0.123. The van der Waals surface area contributed by atoms with Crippen molar-refractivity contribution in [2.24, 2.45) is 0 Å². The Kier molecular flexibility index (Phi) is 7.59. The Bertz CT molecular complexity index is 1170. The standard InChI is InChI=1S/C27H29N3O3/c1-21-13-15-23(16-14-21)32-19-18-30-25-11-6-5-10-24(25)29-26(30)12-7-17-28-27(31)20-33-22-8-3-2-4-9-22/h2-6,8-11,13-16H,7,12,17-20H2,1H3,(H,28,31). The SMILES string of the molecule is Cc1ccc(OCCn2c(CCCNC(=O)COc3ccccc3)nc3ccccc32)cc1. The molecule has 0 unspecified atom stereocenters. The molecule has 1 N–H and O–H groups in total. The molecule has 4 aromatic rings. The number of fused-ring (bicyclic) bond motifs is 1. The Morgan fingerprint density at radius 1 is 0.909 bits per heavy atom. The molecule has 1 amide bonds. The van der Waals surface area contributed by atoms with Crippen LogP contribution in [0.2, 0.25) is 0 Å². The maximum atomic E-state index is 12.1. The van der Waals surface area contributed by atoms with Gasteiger partial charge in [-0.25, -0.2) is 4.98 Å². The molecular weight excluding hydrogens is 414 g/mol. The van der Waals surface area contributed by atoms with Crippen molar-refractivity contribution < 1.29 is 14.3 Å². The summed E-state index contributed by atoms with van der Waals surface area (Å²) >= 11 is 0. The van der Waals surface area contributed by atoms with Crippen LogP contribution in [0, 0.1) is 6.92 Å². The van der Waals surface area contributed by atoms with Gasteiger partial charge < -0.3 is 19.4 Å². The van der Waals surface area contributed by atoms with Gasteiger partial charge >= 0.3 is 0 Å². The maximum Gasteiger partial charge on any atom is 0.257 e. The number of nitrogens with one attached hydrogen (secondary N) is 1. The van der Waals surface area contributed by atoms with E-state index in [0.29, 0.717) is 25.4 Å². The number of para-hydroxylation sites is 3. The van der Waals surface area contributed by atoms with E-state index in [1.54, 1.807) is 0 Å². The number of nitrogens with zero attached hydrogens (tertiary/aromatic N) is 2. The zero-order valence-corrected chi connectivity index (χ0v) is 18.9. The highest BCUT2D eigenvalue weighted by molar-refractivity contribution is 5.77. The number of aryl methyl sites for hydroxylation is 2. The topological polar surface area (TPSA) is 65.4 Å². The number of amides is 1. The van der Waals surface area contributed by atoms with Crippen molar-refractivity contribution in [3.8, 4) is 11.5 Å². The number of rotatable bonds is 11. The highest BCUT2D eigenvalue weighted by Gasteiger charge is 2.11. The molecule has 0 aliphatic carbocycles. The minimum absolute atomic E-state index is 0.0128. The molecule has 0 saturated carbocycles. The molecule has 0 aliphatic rings. The smallest absolute Gasteiger partial charge is 0.257 e. The van der Waals surface area contributed by atoms with Gasteiger partial charge in [0.05, 0.1) is 17.6 Å². The summed E-state index contributed by atoms with van der Waals surface area (Å²) in [6, 6.07) is 25.6. The third-order valence-corrected chi connectivity index (χ3v) is 5.35. The number of carbonyl (C=O) groups excluding carboxylic acids is 1. The average molecular weight is 444 g/mol. The first-order valence-corrected chi connectivity index (χ1v) is 11.3. The van der Waals surface area contributed by atoms with Gasteiger partial charge in [-0.2, -0.15) is 0 Å². The van der Waals surface area contributed by atoms with Gasteiger partial charge in [0.25, 0.3) is 5.91 Å². The fourth-order valence-electron chi connectivity index (χ4n) is 3.65.